The number of allylic oxidation sites excluding steroid dienone is 2. The number of thioether (sulfide) groups is 1. The molecule has 2 aromatic rings. The van der Waals surface area contributed by atoms with Gasteiger partial charge in [-0.1, -0.05) is 35.5 Å². The number of cyclic esters (lactones) is 1. The van der Waals surface area contributed by atoms with Crippen molar-refractivity contribution in [2.24, 2.45) is 0 Å². The Bertz CT molecular complexity index is 950. The van der Waals surface area contributed by atoms with Crippen LogP contribution in [0.5, 0.6) is 0 Å². The lowest BCUT2D eigenvalue weighted by Gasteiger charge is -2.17. The van der Waals surface area contributed by atoms with Crippen LogP contribution >= 0.6 is 11.8 Å². The van der Waals surface area contributed by atoms with Crippen molar-refractivity contribution in [1.82, 2.24) is 9.55 Å². The molecule has 1 aliphatic heterocycles. The van der Waals surface area contributed by atoms with E-state index in [2.05, 4.69) is 6.08 Å². The van der Waals surface area contributed by atoms with Gasteiger partial charge >= 0.3 is 5.97 Å². The Morgan fingerprint density at radius 3 is 2.85 bits per heavy atom. The summed E-state index contributed by atoms with van der Waals surface area (Å²) in [5, 5.41) is 0.946. The first-order valence-corrected chi connectivity index (χ1v) is 10.5. The lowest BCUT2D eigenvalue weighted by molar-refractivity contribution is -0.140. The van der Waals surface area contributed by atoms with E-state index in [1.165, 1.54) is 30.2 Å². The molecular weight excluding hydrogens is 360 g/mol. The highest BCUT2D eigenvalue weighted by Crippen LogP contribution is 2.32. The number of hydrogen-bond donors (Lipinski definition) is 0. The van der Waals surface area contributed by atoms with E-state index < -0.39 is 0 Å². The van der Waals surface area contributed by atoms with Crippen LogP contribution in [0.3, 0.4) is 0 Å². The maximum atomic E-state index is 13.1. The summed E-state index contributed by atoms with van der Waals surface area (Å²) in [6.45, 7) is 2.50. The molecule has 27 heavy (non-hydrogen) atoms. The quantitative estimate of drug-likeness (QED) is 0.442. The first-order valence-electron chi connectivity index (χ1n) is 9.66. The van der Waals surface area contributed by atoms with E-state index >= 15 is 0 Å². The lowest BCUT2D eigenvalue weighted by Crippen LogP contribution is -2.25. The van der Waals surface area contributed by atoms with Crippen molar-refractivity contribution >= 4 is 28.6 Å². The van der Waals surface area contributed by atoms with E-state index in [0.29, 0.717) is 29.0 Å². The smallest absolute Gasteiger partial charge is 0.319 e. The first-order chi connectivity index (χ1) is 13.1. The molecule has 0 saturated carbocycles. The highest BCUT2D eigenvalue weighted by Gasteiger charge is 2.34. The maximum absolute atomic E-state index is 13.1. The van der Waals surface area contributed by atoms with Crippen molar-refractivity contribution in [2.45, 2.75) is 68.5 Å². The SMILES string of the molecule is C[C@@H]1C[C@H](Sc2nc3ccccc3c(=O)n2CCC2=CCCCC2)C(=O)O1. The molecule has 2 atom stereocenters. The highest BCUT2D eigenvalue weighted by atomic mass is 32.2. The van der Waals surface area contributed by atoms with Crippen LogP contribution in [0.15, 0.2) is 45.9 Å². The molecule has 1 aromatic heterocycles. The van der Waals surface area contributed by atoms with E-state index in [0.717, 1.165) is 19.3 Å². The van der Waals surface area contributed by atoms with Crippen LogP contribution in [0.2, 0.25) is 0 Å². The normalized spacial score (nSPS) is 22.7. The molecule has 5 nitrogen and oxygen atoms in total. The fourth-order valence-electron chi connectivity index (χ4n) is 3.77. The number of carbonyl (C=O) groups excluding carboxylic acids is 1. The number of ether oxygens (including phenoxy) is 1. The zero-order valence-corrected chi connectivity index (χ0v) is 16.3. The van der Waals surface area contributed by atoms with Crippen LogP contribution in [0.25, 0.3) is 10.9 Å². The summed E-state index contributed by atoms with van der Waals surface area (Å²) in [6.07, 6.45) is 8.47. The Balaban J connectivity index is 1.67. The fraction of sp³-hybridized carbons (Fsp3) is 0.476. The second-order valence-electron chi connectivity index (χ2n) is 7.32. The summed E-state index contributed by atoms with van der Waals surface area (Å²) < 4.78 is 7.02. The van der Waals surface area contributed by atoms with Gasteiger partial charge in [0, 0.05) is 13.0 Å². The first kappa shape index (κ1) is 18.3. The van der Waals surface area contributed by atoms with Gasteiger partial charge < -0.3 is 4.74 Å². The van der Waals surface area contributed by atoms with Crippen LogP contribution < -0.4 is 5.56 Å². The highest BCUT2D eigenvalue weighted by molar-refractivity contribution is 8.00. The fourth-order valence-corrected chi connectivity index (χ4v) is 4.99. The molecule has 1 fully saturated rings. The van der Waals surface area contributed by atoms with Crippen LogP contribution in [-0.4, -0.2) is 26.9 Å². The Kier molecular flexibility index (Phi) is 5.34. The van der Waals surface area contributed by atoms with Crippen LogP contribution in [-0.2, 0) is 16.1 Å². The molecule has 0 unspecified atom stereocenters. The predicted octanol–water partition coefficient (Wildman–Crippen LogP) is 4.08. The summed E-state index contributed by atoms with van der Waals surface area (Å²) in [7, 11) is 0. The predicted molar refractivity (Wildman–Crippen MR) is 107 cm³/mol. The third-order valence-corrected chi connectivity index (χ3v) is 6.43. The number of rotatable bonds is 5. The molecule has 1 aromatic carbocycles. The summed E-state index contributed by atoms with van der Waals surface area (Å²) in [4.78, 5) is 29.9. The molecule has 0 bridgehead atoms. The summed E-state index contributed by atoms with van der Waals surface area (Å²) >= 11 is 1.36. The standard InChI is InChI=1S/C21H24N2O3S/c1-14-13-18(20(25)26-14)27-21-22-17-10-6-5-9-16(17)19(24)23(21)12-11-15-7-3-2-4-8-15/h5-7,9-10,14,18H,2-4,8,11-13H2,1H3/t14-,18+/m1/s1. The number of aromatic nitrogens is 2. The Hall–Kier alpha value is -2.08. The van der Waals surface area contributed by atoms with Gasteiger partial charge in [0.15, 0.2) is 5.16 Å². The molecule has 2 aliphatic rings. The summed E-state index contributed by atoms with van der Waals surface area (Å²) in [5.41, 5.74) is 2.07. The van der Waals surface area contributed by atoms with Crippen LogP contribution in [0.4, 0.5) is 0 Å². The van der Waals surface area contributed by atoms with Crippen LogP contribution in [0.1, 0.15) is 45.4 Å². The molecule has 0 radical (unpaired) electrons. The minimum absolute atomic E-state index is 0.0288. The topological polar surface area (TPSA) is 61.2 Å². The number of esters is 1. The number of carbonyl (C=O) groups is 1. The van der Waals surface area contributed by atoms with Gasteiger partial charge in [0.05, 0.1) is 10.9 Å². The zero-order valence-electron chi connectivity index (χ0n) is 15.5. The number of nitrogens with zero attached hydrogens (tertiary/aromatic N) is 2. The third-order valence-electron chi connectivity index (χ3n) is 5.24. The van der Waals surface area contributed by atoms with Crippen molar-refractivity contribution in [3.05, 3.63) is 46.3 Å². The van der Waals surface area contributed by atoms with Crippen LogP contribution in [0, 0.1) is 0 Å². The van der Waals surface area contributed by atoms with Gasteiger partial charge in [0.2, 0.25) is 0 Å². The van der Waals surface area contributed by atoms with E-state index in [-0.39, 0.29) is 22.9 Å². The number of hydrogen-bond acceptors (Lipinski definition) is 5. The largest absolute Gasteiger partial charge is 0.462 e. The maximum Gasteiger partial charge on any atom is 0.319 e. The summed E-state index contributed by atoms with van der Waals surface area (Å²) in [5.74, 6) is -0.212. The molecule has 0 spiro atoms. The van der Waals surface area contributed by atoms with E-state index in [1.807, 2.05) is 31.2 Å². The monoisotopic (exact) mass is 384 g/mol. The molecule has 1 saturated heterocycles. The average Bonchev–Trinajstić information content (AvgIpc) is 2.99. The number of benzene rings is 1. The molecule has 0 amide bonds. The van der Waals surface area contributed by atoms with E-state index in [4.69, 9.17) is 9.72 Å². The lowest BCUT2D eigenvalue weighted by atomic mass is 9.97. The molecule has 6 heteroatoms. The number of para-hydroxylation sites is 1. The van der Waals surface area contributed by atoms with E-state index in [1.54, 1.807) is 4.57 Å². The van der Waals surface area contributed by atoms with Gasteiger partial charge in [-0.05, 0) is 51.2 Å². The Labute approximate surface area is 162 Å². The molecule has 1 aliphatic carbocycles. The van der Waals surface area contributed by atoms with Gasteiger partial charge in [-0.3, -0.25) is 14.2 Å². The molecule has 142 valence electrons. The van der Waals surface area contributed by atoms with E-state index in [9.17, 15) is 9.59 Å². The summed E-state index contributed by atoms with van der Waals surface area (Å²) in [6, 6.07) is 7.42. The minimum atomic E-state index is -0.298. The molecular formula is C21H24N2O3S. The molecule has 4 rings (SSSR count). The van der Waals surface area contributed by atoms with Crippen molar-refractivity contribution < 1.29 is 9.53 Å². The molecule has 0 N–H and O–H groups in total. The minimum Gasteiger partial charge on any atom is -0.462 e. The van der Waals surface area contributed by atoms with Crippen molar-refractivity contribution in [3.8, 4) is 0 Å². The number of fused-ring (bicyclic) bond motifs is 1. The Morgan fingerprint density at radius 2 is 2.11 bits per heavy atom. The van der Waals surface area contributed by atoms with Gasteiger partial charge in [0.25, 0.3) is 5.56 Å². The van der Waals surface area contributed by atoms with Crippen molar-refractivity contribution in [1.29, 1.82) is 0 Å². The zero-order chi connectivity index (χ0) is 18.8. The second-order valence-corrected chi connectivity index (χ2v) is 8.49. The van der Waals surface area contributed by atoms with Gasteiger partial charge in [-0.15, -0.1) is 0 Å². The third kappa shape index (κ3) is 3.95. The Morgan fingerprint density at radius 1 is 1.26 bits per heavy atom. The van der Waals surface area contributed by atoms with Crippen molar-refractivity contribution in [3.63, 3.8) is 0 Å². The van der Waals surface area contributed by atoms with Crippen molar-refractivity contribution in [2.75, 3.05) is 0 Å². The molecule has 2 heterocycles. The average molecular weight is 385 g/mol. The van der Waals surface area contributed by atoms with Gasteiger partial charge in [-0.2, -0.15) is 0 Å². The second kappa shape index (κ2) is 7.89. The van der Waals surface area contributed by atoms with Gasteiger partial charge in [-0.25, -0.2) is 4.98 Å². The van der Waals surface area contributed by atoms with Gasteiger partial charge in [0.1, 0.15) is 11.4 Å².